The Balaban J connectivity index is 2.38. The lowest BCUT2D eigenvalue weighted by Gasteiger charge is -2.07. The van der Waals surface area contributed by atoms with E-state index in [-0.39, 0.29) is 5.82 Å². The van der Waals surface area contributed by atoms with Crippen LogP contribution in [0.5, 0.6) is 0 Å². The van der Waals surface area contributed by atoms with E-state index in [4.69, 9.17) is 5.73 Å². The topological polar surface area (TPSA) is 56.7 Å². The molecule has 0 fully saturated rings. The zero-order valence-electron chi connectivity index (χ0n) is 10.7. The van der Waals surface area contributed by atoms with Crippen molar-refractivity contribution in [1.82, 2.24) is 14.5 Å². The molecule has 3 rings (SSSR count). The maximum absolute atomic E-state index is 13.0. The highest BCUT2D eigenvalue weighted by Gasteiger charge is 2.16. The van der Waals surface area contributed by atoms with E-state index < -0.39 is 0 Å². The molecule has 4 nitrogen and oxygen atoms in total. The summed E-state index contributed by atoms with van der Waals surface area (Å²) in [5, 5.41) is 0.851. The van der Waals surface area contributed by atoms with Crippen LogP contribution in [0, 0.1) is 19.7 Å². The minimum atomic E-state index is -0.260. The van der Waals surface area contributed by atoms with Crippen LogP contribution in [-0.2, 0) is 0 Å². The Morgan fingerprint density at radius 2 is 1.79 bits per heavy atom. The van der Waals surface area contributed by atoms with Crippen molar-refractivity contribution in [3.8, 4) is 5.69 Å². The molecule has 2 N–H and O–H groups in total. The summed E-state index contributed by atoms with van der Waals surface area (Å²) >= 11 is 0. The second kappa shape index (κ2) is 4.05. The van der Waals surface area contributed by atoms with Gasteiger partial charge in [-0.25, -0.2) is 14.4 Å². The highest BCUT2D eigenvalue weighted by molar-refractivity contribution is 5.91. The van der Waals surface area contributed by atoms with Crippen LogP contribution >= 0.6 is 0 Å². The van der Waals surface area contributed by atoms with Gasteiger partial charge in [0.25, 0.3) is 0 Å². The molecule has 0 aliphatic rings. The molecule has 0 spiro atoms. The average molecular weight is 256 g/mol. The van der Waals surface area contributed by atoms with E-state index in [9.17, 15) is 4.39 Å². The molecule has 0 atom stereocenters. The van der Waals surface area contributed by atoms with E-state index in [2.05, 4.69) is 9.97 Å². The van der Waals surface area contributed by atoms with Gasteiger partial charge in [-0.3, -0.25) is 4.57 Å². The normalized spacial score (nSPS) is 11.1. The molecule has 0 aliphatic heterocycles. The molecule has 96 valence electrons. The zero-order chi connectivity index (χ0) is 13.6. The van der Waals surface area contributed by atoms with E-state index in [0.717, 1.165) is 28.0 Å². The number of hydrogen-bond donors (Lipinski definition) is 1. The number of hydrogen-bond acceptors (Lipinski definition) is 3. The van der Waals surface area contributed by atoms with E-state index in [1.165, 1.54) is 18.5 Å². The number of nitrogens with two attached hydrogens (primary N) is 1. The summed E-state index contributed by atoms with van der Waals surface area (Å²) in [6, 6.07) is 6.31. The number of benzene rings is 1. The standard InChI is InChI=1S/C14H13FN4/c1-8-9(2)19(11-5-3-10(15)4-6-11)14-12(8)13(16)17-7-18-14/h3-7H,1-2H3,(H2,16,17,18). The summed E-state index contributed by atoms with van der Waals surface area (Å²) in [6.07, 6.45) is 1.44. The summed E-state index contributed by atoms with van der Waals surface area (Å²) in [4.78, 5) is 8.32. The molecule has 2 heterocycles. The van der Waals surface area contributed by atoms with Crippen LogP contribution in [-0.4, -0.2) is 14.5 Å². The van der Waals surface area contributed by atoms with Gasteiger partial charge in [0.05, 0.1) is 5.39 Å². The Bertz CT molecular complexity index is 759. The Kier molecular flexibility index (Phi) is 2.48. The van der Waals surface area contributed by atoms with Crippen LogP contribution in [0.15, 0.2) is 30.6 Å². The van der Waals surface area contributed by atoms with Crippen LogP contribution in [0.2, 0.25) is 0 Å². The fourth-order valence-corrected chi connectivity index (χ4v) is 2.33. The van der Waals surface area contributed by atoms with Crippen LogP contribution < -0.4 is 5.73 Å². The number of rotatable bonds is 1. The van der Waals surface area contributed by atoms with Gasteiger partial charge in [0.2, 0.25) is 0 Å². The van der Waals surface area contributed by atoms with Crippen molar-refractivity contribution in [1.29, 1.82) is 0 Å². The first-order chi connectivity index (χ1) is 9.09. The van der Waals surface area contributed by atoms with Gasteiger partial charge >= 0.3 is 0 Å². The molecule has 5 heteroatoms. The number of fused-ring (bicyclic) bond motifs is 1. The Hall–Kier alpha value is -2.43. The SMILES string of the molecule is Cc1c(C)n(-c2ccc(F)cc2)c2ncnc(N)c12. The van der Waals surface area contributed by atoms with Crippen molar-refractivity contribution < 1.29 is 4.39 Å². The highest BCUT2D eigenvalue weighted by atomic mass is 19.1. The van der Waals surface area contributed by atoms with Crippen LogP contribution in [0.1, 0.15) is 11.3 Å². The summed E-state index contributed by atoms with van der Waals surface area (Å²) < 4.78 is 15.0. The second-order valence-electron chi connectivity index (χ2n) is 4.48. The third-order valence-corrected chi connectivity index (χ3v) is 3.41. The maximum Gasteiger partial charge on any atom is 0.150 e. The molecular weight excluding hydrogens is 243 g/mol. The van der Waals surface area contributed by atoms with E-state index in [1.807, 2.05) is 18.4 Å². The molecule has 2 aromatic heterocycles. The molecule has 0 unspecified atom stereocenters. The van der Waals surface area contributed by atoms with E-state index in [1.54, 1.807) is 12.1 Å². The van der Waals surface area contributed by atoms with Crippen LogP contribution in [0.4, 0.5) is 10.2 Å². The molecule has 0 bridgehead atoms. The van der Waals surface area contributed by atoms with Gasteiger partial charge < -0.3 is 5.73 Å². The van der Waals surface area contributed by atoms with Crippen molar-refractivity contribution in [2.24, 2.45) is 0 Å². The monoisotopic (exact) mass is 256 g/mol. The molecule has 19 heavy (non-hydrogen) atoms. The fraction of sp³-hybridized carbons (Fsp3) is 0.143. The third-order valence-electron chi connectivity index (χ3n) is 3.41. The largest absolute Gasteiger partial charge is 0.383 e. The number of anilines is 1. The summed E-state index contributed by atoms with van der Waals surface area (Å²) in [6.45, 7) is 3.97. The summed E-state index contributed by atoms with van der Waals surface area (Å²) in [5.41, 5.74) is 9.58. The van der Waals surface area contributed by atoms with Crippen LogP contribution in [0.3, 0.4) is 0 Å². The summed E-state index contributed by atoms with van der Waals surface area (Å²) in [7, 11) is 0. The maximum atomic E-state index is 13.0. The van der Waals surface area contributed by atoms with E-state index >= 15 is 0 Å². The lowest BCUT2D eigenvalue weighted by Crippen LogP contribution is -1.99. The predicted molar refractivity (Wildman–Crippen MR) is 72.7 cm³/mol. The van der Waals surface area contributed by atoms with Gasteiger partial charge in [0.15, 0.2) is 5.65 Å². The van der Waals surface area contributed by atoms with Crippen molar-refractivity contribution >= 4 is 16.9 Å². The number of nitrogen functional groups attached to an aromatic ring is 1. The molecular formula is C14H13FN4. The first-order valence-corrected chi connectivity index (χ1v) is 5.93. The minimum Gasteiger partial charge on any atom is -0.383 e. The lowest BCUT2D eigenvalue weighted by atomic mass is 10.2. The number of aromatic nitrogens is 3. The molecule has 0 saturated heterocycles. The van der Waals surface area contributed by atoms with Gasteiger partial charge in [0.1, 0.15) is 18.0 Å². The number of nitrogens with zero attached hydrogens (tertiary/aromatic N) is 3. The van der Waals surface area contributed by atoms with Crippen molar-refractivity contribution in [3.05, 3.63) is 47.7 Å². The van der Waals surface area contributed by atoms with E-state index in [0.29, 0.717) is 5.82 Å². The van der Waals surface area contributed by atoms with Gasteiger partial charge in [-0.05, 0) is 43.7 Å². The number of halogens is 1. The minimum absolute atomic E-state index is 0.260. The van der Waals surface area contributed by atoms with Crippen molar-refractivity contribution in [2.75, 3.05) is 5.73 Å². The lowest BCUT2D eigenvalue weighted by molar-refractivity contribution is 0.627. The molecule has 1 aromatic carbocycles. The molecule has 3 aromatic rings. The van der Waals surface area contributed by atoms with Crippen molar-refractivity contribution in [2.45, 2.75) is 13.8 Å². The second-order valence-corrected chi connectivity index (χ2v) is 4.48. The number of aryl methyl sites for hydroxylation is 1. The predicted octanol–water partition coefficient (Wildman–Crippen LogP) is 2.76. The van der Waals surface area contributed by atoms with Gasteiger partial charge in [0, 0.05) is 11.4 Å². The molecule has 0 aliphatic carbocycles. The Labute approximate surface area is 109 Å². The first-order valence-electron chi connectivity index (χ1n) is 5.93. The van der Waals surface area contributed by atoms with Gasteiger partial charge in [-0.15, -0.1) is 0 Å². The van der Waals surface area contributed by atoms with Crippen molar-refractivity contribution in [3.63, 3.8) is 0 Å². The molecule has 0 radical (unpaired) electrons. The molecule has 0 amide bonds. The fourth-order valence-electron chi connectivity index (χ4n) is 2.33. The van der Waals surface area contributed by atoms with Crippen LogP contribution in [0.25, 0.3) is 16.7 Å². The third kappa shape index (κ3) is 1.66. The van der Waals surface area contributed by atoms with Gasteiger partial charge in [-0.1, -0.05) is 0 Å². The Morgan fingerprint density at radius 3 is 2.47 bits per heavy atom. The Morgan fingerprint density at radius 1 is 1.11 bits per heavy atom. The smallest absolute Gasteiger partial charge is 0.150 e. The quantitative estimate of drug-likeness (QED) is 0.728. The zero-order valence-corrected chi connectivity index (χ0v) is 10.7. The first kappa shape index (κ1) is 11.6. The molecule has 0 saturated carbocycles. The average Bonchev–Trinajstić information content (AvgIpc) is 2.65. The summed E-state index contributed by atoms with van der Waals surface area (Å²) in [5.74, 6) is 0.204. The van der Waals surface area contributed by atoms with Gasteiger partial charge in [-0.2, -0.15) is 0 Å². The highest BCUT2D eigenvalue weighted by Crippen LogP contribution is 2.29.